The number of carbonyl (C=O) groups is 2. The number of thioether (sulfide) groups is 1. The van der Waals surface area contributed by atoms with Crippen LogP contribution in [0.3, 0.4) is 0 Å². The maximum Gasteiger partial charge on any atom is 0.338 e. The van der Waals surface area contributed by atoms with E-state index in [2.05, 4.69) is 15.3 Å². The highest BCUT2D eigenvalue weighted by atomic mass is 32.2. The monoisotopic (exact) mass is 437 g/mol. The zero-order chi connectivity index (χ0) is 22.1. The second kappa shape index (κ2) is 11.1. The molecule has 0 atom stereocenters. The molecule has 0 bridgehead atoms. The van der Waals surface area contributed by atoms with E-state index in [1.54, 1.807) is 24.3 Å². The van der Waals surface area contributed by atoms with Gasteiger partial charge in [-0.05, 0) is 24.6 Å². The number of esters is 1. The number of hydrogen-bond donors (Lipinski definition) is 2. The highest BCUT2D eigenvalue weighted by Crippen LogP contribution is 2.19. The molecule has 2 aromatic carbocycles. The number of ether oxygens (including phenoxy) is 1. The maximum absolute atomic E-state index is 12.3. The van der Waals surface area contributed by atoms with Crippen LogP contribution in [0.2, 0.25) is 0 Å². The third kappa shape index (κ3) is 6.82. The fraction of sp³-hybridized carbons (Fsp3) is 0.217. The summed E-state index contributed by atoms with van der Waals surface area (Å²) < 4.78 is 5.19. The standard InChI is InChI=1S/C23H23N3O4S/c1-2-3-12-30-22(29)17-10-7-11-18(13-17)24-21(28)15-31-23-25-19(14-20(27)26-23)16-8-5-4-6-9-16/h4-11,13-14H,2-3,12,15H2,1H3,(H,24,28)(H,25,26,27). The molecular weight excluding hydrogens is 414 g/mol. The quantitative estimate of drug-likeness (QED) is 0.226. The third-order valence-electron chi connectivity index (χ3n) is 4.24. The fourth-order valence-electron chi connectivity index (χ4n) is 2.71. The molecule has 31 heavy (non-hydrogen) atoms. The van der Waals surface area contributed by atoms with Crippen molar-refractivity contribution >= 4 is 29.3 Å². The van der Waals surface area contributed by atoms with Crippen molar-refractivity contribution in [1.82, 2.24) is 9.97 Å². The SMILES string of the molecule is CCCCOC(=O)c1cccc(NC(=O)CSc2nc(-c3ccccc3)cc(=O)[nH]2)c1. The van der Waals surface area contributed by atoms with Crippen LogP contribution < -0.4 is 10.9 Å². The average molecular weight is 438 g/mol. The molecule has 0 saturated heterocycles. The molecule has 7 nitrogen and oxygen atoms in total. The number of hydrogen-bond acceptors (Lipinski definition) is 6. The number of anilines is 1. The lowest BCUT2D eigenvalue weighted by atomic mass is 10.1. The minimum atomic E-state index is -0.418. The first kappa shape index (κ1) is 22.3. The van der Waals surface area contributed by atoms with E-state index in [0.29, 0.717) is 28.7 Å². The number of carbonyl (C=O) groups excluding carboxylic acids is 2. The van der Waals surface area contributed by atoms with Crippen molar-refractivity contribution in [3.8, 4) is 11.3 Å². The normalized spacial score (nSPS) is 10.5. The number of unbranched alkanes of at least 4 members (excludes halogenated alkanes) is 1. The van der Waals surface area contributed by atoms with Crippen LogP contribution in [0.5, 0.6) is 0 Å². The number of aromatic amines is 1. The summed E-state index contributed by atoms with van der Waals surface area (Å²) in [6.45, 7) is 2.39. The Bertz CT molecular complexity index is 1100. The second-order valence-corrected chi connectivity index (χ2v) is 7.67. The van der Waals surface area contributed by atoms with Crippen molar-refractivity contribution in [2.75, 3.05) is 17.7 Å². The molecule has 3 rings (SSSR count). The topological polar surface area (TPSA) is 101 Å². The first-order chi connectivity index (χ1) is 15.0. The first-order valence-corrected chi connectivity index (χ1v) is 10.9. The number of H-pyrrole nitrogens is 1. The zero-order valence-electron chi connectivity index (χ0n) is 17.1. The van der Waals surface area contributed by atoms with Gasteiger partial charge in [0.05, 0.1) is 23.6 Å². The van der Waals surface area contributed by atoms with Crippen molar-refractivity contribution in [1.29, 1.82) is 0 Å². The van der Waals surface area contributed by atoms with Gasteiger partial charge in [-0.25, -0.2) is 9.78 Å². The molecule has 1 aromatic heterocycles. The molecule has 0 saturated carbocycles. The van der Waals surface area contributed by atoms with Crippen LogP contribution in [0.25, 0.3) is 11.3 Å². The lowest BCUT2D eigenvalue weighted by Gasteiger charge is -2.08. The Morgan fingerprint density at radius 3 is 2.68 bits per heavy atom. The van der Waals surface area contributed by atoms with Crippen molar-refractivity contribution in [2.24, 2.45) is 0 Å². The molecule has 0 radical (unpaired) electrons. The van der Waals surface area contributed by atoms with Gasteiger partial charge in [0.25, 0.3) is 5.56 Å². The molecular formula is C23H23N3O4S. The summed E-state index contributed by atoms with van der Waals surface area (Å²) in [6.07, 6.45) is 1.75. The Kier molecular flexibility index (Phi) is 8.00. The van der Waals surface area contributed by atoms with Gasteiger partial charge in [-0.3, -0.25) is 9.59 Å². The number of nitrogens with zero attached hydrogens (tertiary/aromatic N) is 1. The summed E-state index contributed by atoms with van der Waals surface area (Å²) in [6, 6.07) is 17.4. The summed E-state index contributed by atoms with van der Waals surface area (Å²) in [5.41, 5.74) is 1.95. The highest BCUT2D eigenvalue weighted by Gasteiger charge is 2.11. The van der Waals surface area contributed by atoms with Gasteiger partial charge in [-0.1, -0.05) is 61.5 Å². The van der Waals surface area contributed by atoms with Crippen LogP contribution in [0.4, 0.5) is 5.69 Å². The summed E-state index contributed by atoms with van der Waals surface area (Å²) in [4.78, 5) is 43.4. The Hall–Kier alpha value is -3.39. The van der Waals surface area contributed by atoms with Crippen LogP contribution in [0.15, 0.2) is 70.6 Å². The smallest absolute Gasteiger partial charge is 0.338 e. The van der Waals surface area contributed by atoms with Gasteiger partial charge < -0.3 is 15.0 Å². The first-order valence-electron chi connectivity index (χ1n) is 9.92. The minimum Gasteiger partial charge on any atom is -0.462 e. The molecule has 0 fully saturated rings. The number of amides is 1. The molecule has 160 valence electrons. The van der Waals surface area contributed by atoms with Gasteiger partial charge in [0.15, 0.2) is 5.16 Å². The van der Waals surface area contributed by atoms with E-state index in [1.165, 1.54) is 6.07 Å². The second-order valence-electron chi connectivity index (χ2n) is 6.71. The Morgan fingerprint density at radius 1 is 1.10 bits per heavy atom. The average Bonchev–Trinajstić information content (AvgIpc) is 2.78. The molecule has 0 aliphatic carbocycles. The highest BCUT2D eigenvalue weighted by molar-refractivity contribution is 7.99. The maximum atomic E-state index is 12.3. The molecule has 0 spiro atoms. The van der Waals surface area contributed by atoms with E-state index in [-0.39, 0.29) is 17.2 Å². The van der Waals surface area contributed by atoms with Gasteiger partial charge in [0.1, 0.15) is 0 Å². The van der Waals surface area contributed by atoms with Crippen LogP contribution in [0.1, 0.15) is 30.1 Å². The zero-order valence-corrected chi connectivity index (χ0v) is 17.9. The Balaban J connectivity index is 1.60. The van der Waals surface area contributed by atoms with Crippen LogP contribution in [0, 0.1) is 0 Å². The van der Waals surface area contributed by atoms with Gasteiger partial charge in [-0.15, -0.1) is 0 Å². The van der Waals surface area contributed by atoms with Gasteiger partial charge in [-0.2, -0.15) is 0 Å². The van der Waals surface area contributed by atoms with Crippen molar-refractivity contribution in [2.45, 2.75) is 24.9 Å². The summed E-state index contributed by atoms with van der Waals surface area (Å²) in [7, 11) is 0. The van der Waals surface area contributed by atoms with Crippen molar-refractivity contribution in [3.63, 3.8) is 0 Å². The predicted molar refractivity (Wildman–Crippen MR) is 121 cm³/mol. The number of aromatic nitrogens is 2. The molecule has 0 aliphatic rings. The predicted octanol–water partition coefficient (Wildman–Crippen LogP) is 4.12. The lowest BCUT2D eigenvalue weighted by molar-refractivity contribution is -0.113. The molecule has 1 heterocycles. The van der Waals surface area contributed by atoms with Gasteiger partial charge >= 0.3 is 5.97 Å². The summed E-state index contributed by atoms with van der Waals surface area (Å²) >= 11 is 1.12. The number of rotatable bonds is 9. The lowest BCUT2D eigenvalue weighted by Crippen LogP contribution is -2.16. The fourth-order valence-corrected chi connectivity index (χ4v) is 3.38. The molecule has 3 aromatic rings. The van der Waals surface area contributed by atoms with Gasteiger partial charge in [0, 0.05) is 17.3 Å². The molecule has 1 amide bonds. The molecule has 0 unspecified atom stereocenters. The molecule has 0 aliphatic heterocycles. The van der Waals surface area contributed by atoms with E-state index in [1.807, 2.05) is 37.3 Å². The minimum absolute atomic E-state index is 0.0480. The van der Waals surface area contributed by atoms with Crippen LogP contribution in [-0.2, 0) is 9.53 Å². The summed E-state index contributed by atoms with van der Waals surface area (Å²) in [5.74, 6) is -0.653. The van der Waals surface area contributed by atoms with Crippen LogP contribution >= 0.6 is 11.8 Å². The Morgan fingerprint density at radius 2 is 1.90 bits per heavy atom. The number of benzene rings is 2. The summed E-state index contributed by atoms with van der Waals surface area (Å²) in [5, 5.41) is 3.10. The van der Waals surface area contributed by atoms with Gasteiger partial charge in [0.2, 0.25) is 5.91 Å². The third-order valence-corrected chi connectivity index (χ3v) is 5.12. The molecule has 2 N–H and O–H groups in total. The Labute approximate surface area is 184 Å². The number of nitrogens with one attached hydrogen (secondary N) is 2. The molecule has 8 heteroatoms. The van der Waals surface area contributed by atoms with Crippen molar-refractivity contribution in [3.05, 3.63) is 76.6 Å². The van der Waals surface area contributed by atoms with Crippen LogP contribution in [-0.4, -0.2) is 34.2 Å². The van der Waals surface area contributed by atoms with Crippen molar-refractivity contribution < 1.29 is 14.3 Å². The van der Waals surface area contributed by atoms with E-state index < -0.39 is 5.97 Å². The van der Waals surface area contributed by atoms with E-state index in [0.717, 1.165) is 30.2 Å². The largest absolute Gasteiger partial charge is 0.462 e. The van der Waals surface area contributed by atoms with E-state index >= 15 is 0 Å². The van der Waals surface area contributed by atoms with E-state index in [9.17, 15) is 14.4 Å². The van der Waals surface area contributed by atoms with E-state index in [4.69, 9.17) is 4.74 Å².